The Labute approximate surface area is 112 Å². The molecule has 3 rings (SSSR count). The van der Waals surface area contributed by atoms with Crippen molar-refractivity contribution in [3.05, 3.63) is 34.3 Å². The highest BCUT2D eigenvalue weighted by Gasteiger charge is 2.33. The lowest BCUT2D eigenvalue weighted by Gasteiger charge is -2.16. The minimum Gasteiger partial charge on any atom is -0.309 e. The summed E-state index contributed by atoms with van der Waals surface area (Å²) in [5, 5.41) is 3.68. The SMILES string of the molecule is Brc1ccccc1CNC1CCN(C2CC2)C1. The van der Waals surface area contributed by atoms with Crippen molar-refractivity contribution in [1.29, 1.82) is 0 Å². The highest BCUT2D eigenvalue weighted by molar-refractivity contribution is 9.10. The van der Waals surface area contributed by atoms with Crippen LogP contribution in [-0.4, -0.2) is 30.1 Å². The maximum Gasteiger partial charge on any atom is 0.0220 e. The Morgan fingerprint density at radius 2 is 2.06 bits per heavy atom. The van der Waals surface area contributed by atoms with Crippen LogP contribution >= 0.6 is 15.9 Å². The summed E-state index contributed by atoms with van der Waals surface area (Å²) in [6, 6.07) is 10.1. The summed E-state index contributed by atoms with van der Waals surface area (Å²) in [6.45, 7) is 3.51. The van der Waals surface area contributed by atoms with Gasteiger partial charge in [0.15, 0.2) is 0 Å². The van der Waals surface area contributed by atoms with E-state index in [4.69, 9.17) is 0 Å². The van der Waals surface area contributed by atoms with Gasteiger partial charge in [-0.15, -0.1) is 0 Å². The Morgan fingerprint density at radius 1 is 1.24 bits per heavy atom. The molecule has 1 heterocycles. The van der Waals surface area contributed by atoms with E-state index in [0.717, 1.165) is 12.6 Å². The maximum absolute atomic E-state index is 3.68. The minimum absolute atomic E-state index is 0.683. The third kappa shape index (κ3) is 2.90. The largest absolute Gasteiger partial charge is 0.309 e. The highest BCUT2D eigenvalue weighted by Crippen LogP contribution is 2.29. The normalized spacial score (nSPS) is 25.4. The fraction of sp³-hybridized carbons (Fsp3) is 0.571. The van der Waals surface area contributed by atoms with Gasteiger partial charge >= 0.3 is 0 Å². The molecule has 1 aromatic rings. The van der Waals surface area contributed by atoms with E-state index in [1.54, 1.807) is 0 Å². The van der Waals surface area contributed by atoms with E-state index in [-0.39, 0.29) is 0 Å². The Hall–Kier alpha value is -0.380. The number of nitrogens with one attached hydrogen (secondary N) is 1. The lowest BCUT2D eigenvalue weighted by molar-refractivity contribution is 0.317. The van der Waals surface area contributed by atoms with Crippen LogP contribution in [0.15, 0.2) is 28.7 Å². The lowest BCUT2D eigenvalue weighted by atomic mass is 10.2. The van der Waals surface area contributed by atoms with Crippen LogP contribution in [0.5, 0.6) is 0 Å². The summed E-state index contributed by atoms with van der Waals surface area (Å²) in [5.74, 6) is 0. The molecule has 92 valence electrons. The Balaban J connectivity index is 1.50. The van der Waals surface area contributed by atoms with E-state index in [1.165, 1.54) is 42.4 Å². The maximum atomic E-state index is 3.68. The molecule has 1 aliphatic heterocycles. The van der Waals surface area contributed by atoms with Gasteiger partial charge in [-0.2, -0.15) is 0 Å². The van der Waals surface area contributed by atoms with Gasteiger partial charge in [0.25, 0.3) is 0 Å². The Bertz CT molecular complexity index is 390. The first-order valence-corrected chi connectivity index (χ1v) is 7.33. The zero-order chi connectivity index (χ0) is 11.7. The van der Waals surface area contributed by atoms with Gasteiger partial charge in [-0.3, -0.25) is 4.90 Å². The van der Waals surface area contributed by atoms with Crippen LogP contribution in [-0.2, 0) is 6.54 Å². The van der Waals surface area contributed by atoms with E-state index in [9.17, 15) is 0 Å². The number of hydrogen-bond acceptors (Lipinski definition) is 2. The van der Waals surface area contributed by atoms with E-state index >= 15 is 0 Å². The van der Waals surface area contributed by atoms with Crippen LogP contribution in [0.4, 0.5) is 0 Å². The van der Waals surface area contributed by atoms with Crippen LogP contribution in [0.3, 0.4) is 0 Å². The number of nitrogens with zero attached hydrogens (tertiary/aromatic N) is 1. The number of benzene rings is 1. The Morgan fingerprint density at radius 3 is 2.82 bits per heavy atom. The first-order chi connectivity index (χ1) is 8.33. The molecular formula is C14H19BrN2. The summed E-state index contributed by atoms with van der Waals surface area (Å²) >= 11 is 3.60. The molecule has 1 N–H and O–H groups in total. The fourth-order valence-corrected chi connectivity index (χ4v) is 3.05. The van der Waals surface area contributed by atoms with Gasteiger partial charge in [-0.05, 0) is 30.9 Å². The molecule has 17 heavy (non-hydrogen) atoms. The molecule has 2 aliphatic rings. The molecule has 3 heteroatoms. The van der Waals surface area contributed by atoms with Crippen molar-refractivity contribution in [3.8, 4) is 0 Å². The Kier molecular flexibility index (Phi) is 3.50. The smallest absolute Gasteiger partial charge is 0.0220 e. The molecule has 0 bridgehead atoms. The minimum atomic E-state index is 0.683. The highest BCUT2D eigenvalue weighted by atomic mass is 79.9. The van der Waals surface area contributed by atoms with E-state index in [2.05, 4.69) is 50.4 Å². The third-order valence-corrected chi connectivity index (χ3v) is 4.60. The van der Waals surface area contributed by atoms with Crippen molar-refractivity contribution < 1.29 is 0 Å². The molecule has 2 nitrogen and oxygen atoms in total. The standard InChI is InChI=1S/C14H19BrN2/c15-14-4-2-1-3-11(14)9-16-12-7-8-17(10-12)13-5-6-13/h1-4,12-13,16H,5-10H2. The van der Waals surface area contributed by atoms with Gasteiger partial charge in [-0.1, -0.05) is 34.1 Å². The molecule has 0 aromatic heterocycles. The van der Waals surface area contributed by atoms with Crippen molar-refractivity contribution in [2.24, 2.45) is 0 Å². The second-order valence-corrected chi connectivity index (χ2v) is 6.04. The zero-order valence-corrected chi connectivity index (χ0v) is 11.6. The van der Waals surface area contributed by atoms with Gasteiger partial charge in [0.2, 0.25) is 0 Å². The molecule has 1 unspecified atom stereocenters. The van der Waals surface area contributed by atoms with Crippen molar-refractivity contribution in [2.45, 2.75) is 37.9 Å². The monoisotopic (exact) mass is 294 g/mol. The quantitative estimate of drug-likeness (QED) is 0.919. The number of halogens is 1. The van der Waals surface area contributed by atoms with Crippen LogP contribution in [0.1, 0.15) is 24.8 Å². The first kappa shape index (κ1) is 11.7. The summed E-state index contributed by atoms with van der Waals surface area (Å²) in [4.78, 5) is 2.65. The summed E-state index contributed by atoms with van der Waals surface area (Å²) in [7, 11) is 0. The molecule has 0 amide bonds. The molecule has 1 aliphatic carbocycles. The van der Waals surface area contributed by atoms with Crippen molar-refractivity contribution in [3.63, 3.8) is 0 Å². The predicted molar refractivity (Wildman–Crippen MR) is 74.0 cm³/mol. The molecule has 1 saturated heterocycles. The first-order valence-electron chi connectivity index (χ1n) is 6.54. The summed E-state index contributed by atoms with van der Waals surface area (Å²) < 4.78 is 1.21. The lowest BCUT2D eigenvalue weighted by Crippen LogP contribution is -2.32. The van der Waals surface area contributed by atoms with Crippen molar-refractivity contribution in [2.75, 3.05) is 13.1 Å². The molecule has 0 radical (unpaired) electrons. The molecule has 0 spiro atoms. The molecular weight excluding hydrogens is 276 g/mol. The van der Waals surface area contributed by atoms with Crippen LogP contribution in [0.2, 0.25) is 0 Å². The third-order valence-electron chi connectivity index (χ3n) is 3.82. The van der Waals surface area contributed by atoms with Gasteiger partial charge in [-0.25, -0.2) is 0 Å². The molecule has 1 aromatic carbocycles. The van der Waals surface area contributed by atoms with Crippen molar-refractivity contribution in [1.82, 2.24) is 10.2 Å². The van der Waals surface area contributed by atoms with E-state index in [0.29, 0.717) is 6.04 Å². The van der Waals surface area contributed by atoms with Gasteiger partial charge < -0.3 is 5.32 Å². The number of likely N-dealkylation sites (tertiary alicyclic amines) is 1. The number of hydrogen-bond donors (Lipinski definition) is 1. The van der Waals surface area contributed by atoms with E-state index < -0.39 is 0 Å². The van der Waals surface area contributed by atoms with Gasteiger partial charge in [0, 0.05) is 36.2 Å². The summed E-state index contributed by atoms with van der Waals surface area (Å²) in [5.41, 5.74) is 1.36. The molecule has 1 saturated carbocycles. The van der Waals surface area contributed by atoms with Gasteiger partial charge in [0.1, 0.15) is 0 Å². The zero-order valence-electron chi connectivity index (χ0n) is 10.0. The van der Waals surface area contributed by atoms with Crippen LogP contribution in [0.25, 0.3) is 0 Å². The topological polar surface area (TPSA) is 15.3 Å². The van der Waals surface area contributed by atoms with Crippen LogP contribution < -0.4 is 5.32 Å². The fourth-order valence-electron chi connectivity index (χ4n) is 2.62. The summed E-state index contributed by atoms with van der Waals surface area (Å²) in [6.07, 6.45) is 4.16. The second kappa shape index (κ2) is 5.09. The van der Waals surface area contributed by atoms with Crippen LogP contribution in [0, 0.1) is 0 Å². The molecule has 1 atom stereocenters. The molecule has 2 fully saturated rings. The second-order valence-electron chi connectivity index (χ2n) is 5.18. The van der Waals surface area contributed by atoms with E-state index in [1.807, 2.05) is 0 Å². The average Bonchev–Trinajstić information content (AvgIpc) is 3.08. The average molecular weight is 295 g/mol. The predicted octanol–water partition coefficient (Wildman–Crippen LogP) is 2.78. The van der Waals surface area contributed by atoms with Gasteiger partial charge in [0.05, 0.1) is 0 Å². The number of rotatable bonds is 4. The van der Waals surface area contributed by atoms with Crippen molar-refractivity contribution >= 4 is 15.9 Å².